The monoisotopic (exact) mass is 243 g/mol. The maximum atomic E-state index is 10.3. The largest absolute Gasteiger partial charge is 0.394 e. The van der Waals surface area contributed by atoms with Crippen molar-refractivity contribution in [1.82, 2.24) is 4.72 Å². The van der Waals surface area contributed by atoms with E-state index in [0.717, 1.165) is 0 Å². The molecule has 0 saturated heterocycles. The van der Waals surface area contributed by atoms with E-state index in [-0.39, 0.29) is 6.29 Å². The smallest absolute Gasteiger partial charge is 0.334 e. The summed E-state index contributed by atoms with van der Waals surface area (Å²) in [5, 5.41) is 26.5. The average Bonchev–Trinajstić information content (AvgIpc) is 2.13. The normalized spacial score (nSPS) is 18.1. The van der Waals surface area contributed by atoms with Gasteiger partial charge >= 0.3 is 10.3 Å². The second-order valence-electron chi connectivity index (χ2n) is 2.89. The van der Waals surface area contributed by atoms with Gasteiger partial charge in [0, 0.05) is 0 Å². The molecule has 8 nitrogen and oxygen atoms in total. The van der Waals surface area contributed by atoms with E-state index < -0.39 is 41.6 Å². The zero-order chi connectivity index (χ0) is 12.1. The fraction of sp³-hybridized carbons (Fsp3) is 0.833. The lowest BCUT2D eigenvalue weighted by atomic mass is 10.1. The van der Waals surface area contributed by atoms with E-state index in [9.17, 15) is 13.2 Å². The Balaban J connectivity index is 4.28. The van der Waals surface area contributed by atoms with Crippen molar-refractivity contribution in [2.75, 3.05) is 6.61 Å². The molecule has 0 aliphatic carbocycles. The first kappa shape index (κ1) is 14.4. The Kier molecular flexibility index (Phi) is 5.87. The number of aliphatic hydroxyl groups is 3. The third-order valence-electron chi connectivity index (χ3n) is 1.59. The van der Waals surface area contributed by atoms with Crippen molar-refractivity contribution in [1.29, 1.82) is 0 Å². The lowest BCUT2D eigenvalue weighted by molar-refractivity contribution is -0.110. The number of carbonyl (C=O) groups is 1. The summed E-state index contributed by atoms with van der Waals surface area (Å²) < 4.78 is 30.5. The Morgan fingerprint density at radius 2 is 1.80 bits per heavy atom. The molecule has 0 rings (SSSR count). The third-order valence-corrected chi connectivity index (χ3v) is 2.19. The maximum Gasteiger partial charge on any atom is 0.334 e. The van der Waals surface area contributed by atoms with Crippen LogP contribution >= 0.6 is 0 Å². The minimum absolute atomic E-state index is 0.154. The van der Waals surface area contributed by atoms with Gasteiger partial charge in [0.05, 0.1) is 18.8 Å². The molecular weight excluding hydrogens is 230 g/mol. The maximum absolute atomic E-state index is 10.3. The van der Waals surface area contributed by atoms with E-state index in [1.54, 1.807) is 0 Å². The Hall–Kier alpha value is -0.580. The van der Waals surface area contributed by atoms with Crippen LogP contribution in [-0.2, 0) is 15.1 Å². The molecule has 0 radical (unpaired) electrons. The summed E-state index contributed by atoms with van der Waals surface area (Å²) in [4.78, 5) is 10.3. The molecule has 0 aromatic rings. The van der Waals surface area contributed by atoms with E-state index in [2.05, 4.69) is 0 Å². The predicted octanol–water partition coefficient (Wildman–Crippen LogP) is -2.95. The molecule has 0 fully saturated rings. The summed E-state index contributed by atoms with van der Waals surface area (Å²) in [7, 11) is -4.55. The van der Waals surface area contributed by atoms with Gasteiger partial charge in [0.25, 0.3) is 0 Å². The second-order valence-corrected chi connectivity index (χ2v) is 4.07. The zero-order valence-corrected chi connectivity index (χ0v) is 8.46. The van der Waals surface area contributed by atoms with Crippen molar-refractivity contribution in [3.8, 4) is 0 Å². The lowest BCUT2D eigenvalue weighted by Crippen LogP contribution is -2.41. The van der Waals surface area contributed by atoms with Crippen molar-refractivity contribution < 1.29 is 33.1 Å². The highest BCUT2D eigenvalue weighted by Gasteiger charge is 2.22. The molecule has 5 N–H and O–H groups in total. The van der Waals surface area contributed by atoms with Crippen molar-refractivity contribution in [2.45, 2.75) is 24.7 Å². The number of rotatable bonds is 7. The molecule has 0 saturated carbocycles. The Morgan fingerprint density at radius 3 is 2.13 bits per heavy atom. The van der Waals surface area contributed by atoms with Gasteiger partial charge in [-0.25, -0.2) is 0 Å². The van der Waals surface area contributed by atoms with E-state index in [1.807, 2.05) is 0 Å². The number of carbonyl (C=O) groups excluding carboxylic acids is 1. The van der Waals surface area contributed by atoms with Crippen molar-refractivity contribution in [3.63, 3.8) is 0 Å². The summed E-state index contributed by atoms with van der Waals surface area (Å²) in [6.07, 6.45) is -3.25. The molecule has 15 heavy (non-hydrogen) atoms. The minimum Gasteiger partial charge on any atom is -0.394 e. The molecule has 3 atom stereocenters. The molecule has 0 unspecified atom stereocenters. The molecule has 0 heterocycles. The first-order chi connectivity index (χ1) is 6.80. The molecule has 0 bridgehead atoms. The van der Waals surface area contributed by atoms with Gasteiger partial charge in [-0.05, 0) is 6.42 Å². The minimum atomic E-state index is -4.55. The first-order valence-electron chi connectivity index (χ1n) is 3.97. The lowest BCUT2D eigenvalue weighted by Gasteiger charge is -2.18. The molecule has 0 aromatic heterocycles. The second kappa shape index (κ2) is 6.10. The summed E-state index contributed by atoms with van der Waals surface area (Å²) in [6.45, 7) is -0.724. The first-order valence-corrected chi connectivity index (χ1v) is 5.41. The van der Waals surface area contributed by atoms with Gasteiger partial charge in [-0.1, -0.05) is 0 Å². The van der Waals surface area contributed by atoms with Gasteiger partial charge in [-0.3, -0.25) is 4.55 Å². The van der Waals surface area contributed by atoms with Gasteiger partial charge in [0.15, 0.2) is 0 Å². The van der Waals surface area contributed by atoms with Gasteiger partial charge in [-0.2, -0.15) is 13.1 Å². The van der Waals surface area contributed by atoms with Crippen LogP contribution in [0, 0.1) is 0 Å². The Bertz CT molecular complexity index is 290. The number of aliphatic hydroxyl groups excluding tert-OH is 3. The summed E-state index contributed by atoms with van der Waals surface area (Å²) in [6, 6.07) is -1.36. The number of nitrogens with one attached hydrogen (secondary N) is 1. The van der Waals surface area contributed by atoms with Crippen LogP contribution in [0.5, 0.6) is 0 Å². The fourth-order valence-corrected chi connectivity index (χ4v) is 1.40. The van der Waals surface area contributed by atoms with Crippen LogP contribution in [0.25, 0.3) is 0 Å². The number of hydrogen-bond acceptors (Lipinski definition) is 6. The third kappa shape index (κ3) is 6.49. The molecule has 0 amide bonds. The number of aldehydes is 1. The highest BCUT2D eigenvalue weighted by atomic mass is 32.2. The van der Waals surface area contributed by atoms with E-state index in [0.29, 0.717) is 0 Å². The molecule has 0 aliphatic heterocycles. The summed E-state index contributed by atoms with van der Waals surface area (Å²) in [5.41, 5.74) is 0. The van der Waals surface area contributed by atoms with Crippen LogP contribution in [0.4, 0.5) is 0 Å². The topological polar surface area (TPSA) is 144 Å². The molecule has 90 valence electrons. The van der Waals surface area contributed by atoms with Crippen LogP contribution in [-0.4, -0.2) is 59.4 Å². The average molecular weight is 243 g/mol. The van der Waals surface area contributed by atoms with Gasteiger partial charge in [0.2, 0.25) is 0 Å². The standard InChI is InChI=1S/C6H13NO7S/c8-2-4(7-15(12,13)14)1-5(10)6(11)3-9/h2,4-7,9-11H,1,3H2,(H,12,13,14)/t4-,5-,6+/m0/s1. The quantitative estimate of drug-likeness (QED) is 0.237. The SMILES string of the molecule is O=C[C@H](C[C@H](O)[C@H](O)CO)NS(=O)(=O)O. The molecule has 0 aliphatic rings. The van der Waals surface area contributed by atoms with E-state index in [4.69, 9.17) is 19.9 Å². The van der Waals surface area contributed by atoms with E-state index >= 15 is 0 Å². The van der Waals surface area contributed by atoms with Gasteiger partial charge in [0.1, 0.15) is 12.4 Å². The van der Waals surface area contributed by atoms with Crippen LogP contribution in [0.15, 0.2) is 0 Å². The molecule has 0 spiro atoms. The molecule has 0 aromatic carbocycles. The van der Waals surface area contributed by atoms with Crippen molar-refractivity contribution >= 4 is 16.6 Å². The van der Waals surface area contributed by atoms with Gasteiger partial charge in [-0.15, -0.1) is 0 Å². The van der Waals surface area contributed by atoms with Crippen molar-refractivity contribution in [2.24, 2.45) is 0 Å². The predicted molar refractivity (Wildman–Crippen MR) is 48.3 cm³/mol. The van der Waals surface area contributed by atoms with E-state index in [1.165, 1.54) is 4.72 Å². The summed E-state index contributed by atoms with van der Waals surface area (Å²) >= 11 is 0. The van der Waals surface area contributed by atoms with Gasteiger partial charge < -0.3 is 20.1 Å². The highest BCUT2D eigenvalue weighted by molar-refractivity contribution is 7.83. The van der Waals surface area contributed by atoms with Crippen LogP contribution in [0.2, 0.25) is 0 Å². The fourth-order valence-electron chi connectivity index (χ4n) is 0.862. The zero-order valence-electron chi connectivity index (χ0n) is 7.65. The molecule has 9 heteroatoms. The number of hydrogen-bond donors (Lipinski definition) is 5. The van der Waals surface area contributed by atoms with Crippen LogP contribution < -0.4 is 4.72 Å². The Labute approximate surface area is 86.4 Å². The highest BCUT2D eigenvalue weighted by Crippen LogP contribution is 2.02. The molecular formula is C6H13NO7S. The summed E-state index contributed by atoms with van der Waals surface area (Å²) in [5.74, 6) is 0. The Morgan fingerprint density at radius 1 is 1.27 bits per heavy atom. The van der Waals surface area contributed by atoms with Crippen LogP contribution in [0.1, 0.15) is 6.42 Å². The van der Waals surface area contributed by atoms with Crippen LogP contribution in [0.3, 0.4) is 0 Å². The van der Waals surface area contributed by atoms with Crippen molar-refractivity contribution in [3.05, 3.63) is 0 Å².